The molecular weight excluding hydrogens is 262 g/mol. The molecule has 0 amide bonds. The fourth-order valence-corrected chi connectivity index (χ4v) is 2.15. The number of phenolic OH excluding ortho intramolecular Hbond substituents is 3. The molecule has 1 aromatic carbocycles. The van der Waals surface area contributed by atoms with E-state index in [9.17, 15) is 20.1 Å². The molecule has 0 bridgehead atoms. The zero-order chi connectivity index (χ0) is 15.5. The largest absolute Gasteiger partial charge is 0.508 e. The Morgan fingerprint density at radius 1 is 1.30 bits per heavy atom. The number of carboxylic acids is 1. The minimum Gasteiger partial charge on any atom is -0.508 e. The summed E-state index contributed by atoms with van der Waals surface area (Å²) in [5, 5.41) is 38.0. The Bertz CT molecular complexity index is 499. The van der Waals surface area contributed by atoms with Crippen LogP contribution in [0.5, 0.6) is 17.2 Å². The molecule has 2 atom stereocenters. The van der Waals surface area contributed by atoms with Gasteiger partial charge < -0.3 is 26.2 Å². The van der Waals surface area contributed by atoms with Crippen molar-refractivity contribution in [1.82, 2.24) is 0 Å². The predicted molar refractivity (Wildman–Crippen MR) is 73.8 cm³/mol. The van der Waals surface area contributed by atoms with Crippen LogP contribution in [-0.4, -0.2) is 31.9 Å². The van der Waals surface area contributed by atoms with Crippen molar-refractivity contribution >= 4 is 5.97 Å². The van der Waals surface area contributed by atoms with E-state index in [2.05, 4.69) is 0 Å². The molecule has 1 aromatic rings. The maximum atomic E-state index is 11.0. The van der Waals surface area contributed by atoms with Crippen LogP contribution >= 0.6 is 0 Å². The summed E-state index contributed by atoms with van der Waals surface area (Å²) >= 11 is 0. The lowest BCUT2D eigenvalue weighted by molar-refractivity contribution is -0.143. The van der Waals surface area contributed by atoms with Crippen molar-refractivity contribution in [2.75, 3.05) is 0 Å². The van der Waals surface area contributed by atoms with Gasteiger partial charge in [0.1, 0.15) is 11.3 Å². The minimum absolute atomic E-state index is 0.132. The zero-order valence-electron chi connectivity index (χ0n) is 11.6. The number of hydrogen-bond donors (Lipinski definition) is 5. The molecule has 0 spiro atoms. The molecule has 1 rings (SSSR count). The Balaban J connectivity index is 2.95. The quantitative estimate of drug-likeness (QED) is 0.398. The Hall–Kier alpha value is -1.95. The van der Waals surface area contributed by atoms with Gasteiger partial charge in [-0.25, -0.2) is 0 Å². The molecule has 2 unspecified atom stereocenters. The first-order valence-corrected chi connectivity index (χ1v) is 6.44. The van der Waals surface area contributed by atoms with E-state index >= 15 is 0 Å². The van der Waals surface area contributed by atoms with E-state index in [0.29, 0.717) is 6.42 Å². The van der Waals surface area contributed by atoms with Crippen LogP contribution in [0.2, 0.25) is 0 Å². The zero-order valence-corrected chi connectivity index (χ0v) is 11.6. The van der Waals surface area contributed by atoms with Crippen LogP contribution in [0.25, 0.3) is 0 Å². The first kappa shape index (κ1) is 16.1. The fourth-order valence-electron chi connectivity index (χ4n) is 2.15. The van der Waals surface area contributed by atoms with Gasteiger partial charge in [0.25, 0.3) is 0 Å². The number of nitrogens with two attached hydrogens (primary N) is 1. The highest BCUT2D eigenvalue weighted by molar-refractivity contribution is 5.77. The summed E-state index contributed by atoms with van der Waals surface area (Å²) in [6.07, 6.45) is 1.07. The van der Waals surface area contributed by atoms with Crippen molar-refractivity contribution in [3.8, 4) is 17.2 Å². The van der Waals surface area contributed by atoms with Crippen LogP contribution in [0.15, 0.2) is 12.1 Å². The van der Waals surface area contributed by atoms with E-state index in [-0.39, 0.29) is 41.6 Å². The smallest absolute Gasteiger partial charge is 0.323 e. The van der Waals surface area contributed by atoms with Gasteiger partial charge in [0.05, 0.1) is 0 Å². The first-order valence-electron chi connectivity index (χ1n) is 6.44. The number of phenols is 3. The Morgan fingerprint density at radius 3 is 2.35 bits per heavy atom. The van der Waals surface area contributed by atoms with Crippen molar-refractivity contribution in [1.29, 1.82) is 0 Å². The summed E-state index contributed by atoms with van der Waals surface area (Å²) < 4.78 is 0. The van der Waals surface area contributed by atoms with Gasteiger partial charge in [0.15, 0.2) is 11.5 Å². The number of rotatable bonds is 6. The van der Waals surface area contributed by atoms with Gasteiger partial charge in [0, 0.05) is 5.56 Å². The Labute approximate surface area is 117 Å². The van der Waals surface area contributed by atoms with Gasteiger partial charge >= 0.3 is 5.97 Å². The third kappa shape index (κ3) is 3.54. The van der Waals surface area contributed by atoms with Gasteiger partial charge in [-0.15, -0.1) is 0 Å². The summed E-state index contributed by atoms with van der Waals surface area (Å²) in [7, 11) is 0. The van der Waals surface area contributed by atoms with Crippen molar-refractivity contribution in [2.24, 2.45) is 11.7 Å². The SMILES string of the molecule is CCC(Cc1c(O)ccc(O)c1O)CC(C)(N)C(=O)O. The third-order valence-corrected chi connectivity index (χ3v) is 3.51. The van der Waals surface area contributed by atoms with E-state index in [0.717, 1.165) is 0 Å². The van der Waals surface area contributed by atoms with Gasteiger partial charge in [0.2, 0.25) is 0 Å². The Morgan fingerprint density at radius 2 is 1.85 bits per heavy atom. The normalized spacial score (nSPS) is 15.6. The Kier molecular flexibility index (Phi) is 4.83. The van der Waals surface area contributed by atoms with Crippen molar-refractivity contribution in [3.05, 3.63) is 17.7 Å². The molecule has 0 saturated heterocycles. The molecule has 20 heavy (non-hydrogen) atoms. The fraction of sp³-hybridized carbons (Fsp3) is 0.500. The maximum Gasteiger partial charge on any atom is 0.323 e. The topological polar surface area (TPSA) is 124 Å². The summed E-state index contributed by atoms with van der Waals surface area (Å²) in [6, 6.07) is 2.48. The van der Waals surface area contributed by atoms with E-state index in [1.54, 1.807) is 0 Å². The molecule has 0 heterocycles. The molecule has 0 aromatic heterocycles. The van der Waals surface area contributed by atoms with E-state index < -0.39 is 11.5 Å². The highest BCUT2D eigenvalue weighted by Crippen LogP contribution is 2.38. The van der Waals surface area contributed by atoms with Crippen LogP contribution in [0, 0.1) is 5.92 Å². The lowest BCUT2D eigenvalue weighted by Crippen LogP contribution is -2.46. The average Bonchev–Trinajstić information content (AvgIpc) is 2.37. The maximum absolute atomic E-state index is 11.0. The standard InChI is InChI=1S/C14H21NO5/c1-3-8(7-14(2,15)13(19)20)6-9-10(16)4-5-11(17)12(9)18/h4-5,8,16-18H,3,6-7,15H2,1-2H3,(H,19,20). The van der Waals surface area contributed by atoms with Gasteiger partial charge in [-0.05, 0) is 37.8 Å². The third-order valence-electron chi connectivity index (χ3n) is 3.51. The molecule has 0 aliphatic carbocycles. The second kappa shape index (κ2) is 6.00. The van der Waals surface area contributed by atoms with E-state index in [1.807, 2.05) is 6.92 Å². The lowest BCUT2D eigenvalue weighted by Gasteiger charge is -2.25. The number of carbonyl (C=O) groups is 1. The number of aromatic hydroxyl groups is 3. The minimum atomic E-state index is -1.37. The molecule has 6 heteroatoms. The van der Waals surface area contributed by atoms with E-state index in [1.165, 1.54) is 19.1 Å². The molecular formula is C14H21NO5. The first-order chi connectivity index (χ1) is 9.19. The van der Waals surface area contributed by atoms with Crippen LogP contribution in [-0.2, 0) is 11.2 Å². The van der Waals surface area contributed by atoms with Crippen molar-refractivity contribution in [3.63, 3.8) is 0 Å². The monoisotopic (exact) mass is 283 g/mol. The van der Waals surface area contributed by atoms with Crippen LogP contribution < -0.4 is 5.73 Å². The lowest BCUT2D eigenvalue weighted by atomic mass is 9.84. The molecule has 6 N–H and O–H groups in total. The van der Waals surface area contributed by atoms with Gasteiger partial charge in [-0.2, -0.15) is 0 Å². The predicted octanol–water partition coefficient (Wildman–Crippen LogP) is 1.56. The molecule has 6 nitrogen and oxygen atoms in total. The summed E-state index contributed by atoms with van der Waals surface area (Å²) in [5.74, 6) is -2.06. The highest BCUT2D eigenvalue weighted by Gasteiger charge is 2.31. The number of benzene rings is 1. The average molecular weight is 283 g/mol. The van der Waals surface area contributed by atoms with Crippen LogP contribution in [0.3, 0.4) is 0 Å². The van der Waals surface area contributed by atoms with Crippen molar-refractivity contribution < 1.29 is 25.2 Å². The highest BCUT2D eigenvalue weighted by atomic mass is 16.4. The summed E-state index contributed by atoms with van der Waals surface area (Å²) in [5.41, 5.74) is 4.56. The summed E-state index contributed by atoms with van der Waals surface area (Å²) in [6.45, 7) is 3.31. The molecule has 0 saturated carbocycles. The second-order valence-electron chi connectivity index (χ2n) is 5.34. The van der Waals surface area contributed by atoms with Crippen LogP contribution in [0.1, 0.15) is 32.3 Å². The molecule has 0 aliphatic rings. The number of hydrogen-bond acceptors (Lipinski definition) is 5. The molecule has 0 aliphatic heterocycles. The number of carboxylic acid groups (broad SMARTS) is 1. The number of aliphatic carboxylic acids is 1. The molecule has 0 fully saturated rings. The molecule has 0 radical (unpaired) electrons. The second-order valence-corrected chi connectivity index (χ2v) is 5.34. The summed E-state index contributed by atoms with van der Waals surface area (Å²) in [4.78, 5) is 11.0. The van der Waals surface area contributed by atoms with Crippen molar-refractivity contribution in [2.45, 2.75) is 38.6 Å². The van der Waals surface area contributed by atoms with Gasteiger partial charge in [-0.1, -0.05) is 13.3 Å². The molecule has 112 valence electrons. The van der Waals surface area contributed by atoms with Gasteiger partial charge in [-0.3, -0.25) is 4.79 Å². The van der Waals surface area contributed by atoms with E-state index in [4.69, 9.17) is 10.8 Å². The van der Waals surface area contributed by atoms with Crippen LogP contribution in [0.4, 0.5) is 0 Å².